The number of esters is 2. The Morgan fingerprint density at radius 2 is 1.91 bits per heavy atom. The fourth-order valence-electron chi connectivity index (χ4n) is 21.2. The van der Waals surface area contributed by atoms with Gasteiger partial charge in [-0.15, -0.1) is 0 Å². The summed E-state index contributed by atoms with van der Waals surface area (Å²) < 4.78 is 34.4. The molecule has 7 aliphatic carbocycles. The van der Waals surface area contributed by atoms with Gasteiger partial charge in [-0.2, -0.15) is 0 Å². The van der Waals surface area contributed by atoms with Gasteiger partial charge in [0.25, 0.3) is 0 Å². The average molecular weight is 891 g/mol. The number of nitrogens with zero attached hydrogens (tertiary/aromatic N) is 1. The summed E-state index contributed by atoms with van der Waals surface area (Å²) in [6.07, 6.45) is 16.2. The minimum Gasteiger partial charge on any atom is -0.469 e. The third kappa shape index (κ3) is 3.89. The van der Waals surface area contributed by atoms with E-state index >= 15 is 9.59 Å². The lowest BCUT2D eigenvalue weighted by Crippen LogP contribution is -2.81. The monoisotopic (exact) mass is 890 g/mol. The number of Topliss-reactive ketones (excluding diaryl/α,β-unsaturated/α-hetero) is 1. The smallest absolute Gasteiger partial charge is 0.339 e. The second-order valence-corrected chi connectivity index (χ2v) is 24.6. The van der Waals surface area contributed by atoms with E-state index in [4.69, 9.17) is 23.4 Å². The number of fused-ring (bicyclic) bond motifs is 6. The second-order valence-electron chi connectivity index (χ2n) is 24.6. The van der Waals surface area contributed by atoms with Crippen LogP contribution in [-0.4, -0.2) is 106 Å². The molecule has 11 fully saturated rings. The number of carbonyl (C=O) groups is 3. The molecule has 22 unspecified atom stereocenters. The summed E-state index contributed by atoms with van der Waals surface area (Å²) in [4.78, 5) is 48.1. The van der Waals surface area contributed by atoms with E-state index in [1.54, 1.807) is 6.26 Å². The molecular formula is C52H62N2O11. The average Bonchev–Trinajstić information content (AvgIpc) is 3.53. The summed E-state index contributed by atoms with van der Waals surface area (Å²) in [6.45, 7) is 7.68. The number of hydrogen-bond donors (Lipinski definition) is 4. The fourth-order valence-corrected chi connectivity index (χ4v) is 21.2. The van der Waals surface area contributed by atoms with Crippen molar-refractivity contribution in [1.82, 2.24) is 10.2 Å². The minimum atomic E-state index is -1.49. The summed E-state index contributed by atoms with van der Waals surface area (Å²) in [5, 5.41) is 38.9. The molecule has 1 aromatic rings. The number of aliphatic hydroxyl groups excluding tert-OH is 3. The van der Waals surface area contributed by atoms with Gasteiger partial charge in [0.2, 0.25) is 0 Å². The molecule has 13 nitrogen and oxygen atoms in total. The Morgan fingerprint density at radius 3 is 2.75 bits per heavy atom. The number of cyclic esters (lactones) is 2. The molecular weight excluding hydrogens is 829 g/mol. The first-order valence-electron chi connectivity index (χ1n) is 25.1. The van der Waals surface area contributed by atoms with Crippen molar-refractivity contribution in [2.45, 2.75) is 132 Å². The molecule has 14 aliphatic rings. The highest BCUT2D eigenvalue weighted by Gasteiger charge is 2.99. The van der Waals surface area contributed by atoms with E-state index in [1.807, 2.05) is 19.9 Å². The Bertz CT molecular complexity index is 2480. The summed E-state index contributed by atoms with van der Waals surface area (Å²) in [5.74, 6) is -0.478. The normalized spacial score (nSPS) is 56.9. The molecule has 13 heteroatoms. The van der Waals surface area contributed by atoms with Crippen LogP contribution in [0.15, 0.2) is 52.8 Å². The Hall–Kier alpha value is -3.33. The van der Waals surface area contributed by atoms with Crippen molar-refractivity contribution in [3.8, 4) is 0 Å². The van der Waals surface area contributed by atoms with Crippen LogP contribution in [0.1, 0.15) is 96.0 Å². The number of aliphatic hydroxyl groups is 3. The molecule has 15 rings (SSSR count). The molecule has 1 aromatic heterocycles. The first kappa shape index (κ1) is 39.6. The largest absolute Gasteiger partial charge is 0.469 e. The molecule has 5 spiro atoms. The maximum absolute atomic E-state index is 15.8. The Kier molecular flexibility index (Phi) is 7.26. The highest BCUT2D eigenvalue weighted by molar-refractivity contribution is 5.95. The van der Waals surface area contributed by atoms with E-state index in [1.165, 1.54) is 0 Å². The number of hydrogen-bond acceptors (Lipinski definition) is 13. The summed E-state index contributed by atoms with van der Waals surface area (Å²) in [5.41, 5.74) is -6.51. The van der Waals surface area contributed by atoms with E-state index in [0.29, 0.717) is 60.8 Å². The van der Waals surface area contributed by atoms with E-state index in [-0.39, 0.29) is 48.6 Å². The van der Waals surface area contributed by atoms with Gasteiger partial charge in [-0.1, -0.05) is 38.2 Å². The van der Waals surface area contributed by atoms with Crippen LogP contribution in [0.2, 0.25) is 0 Å². The maximum atomic E-state index is 15.8. The number of ether oxygens (including phenoxy) is 4. The number of furan rings is 1. The number of nitrogens with one attached hydrogen (secondary N) is 1. The van der Waals surface area contributed by atoms with E-state index in [9.17, 15) is 20.1 Å². The molecule has 8 heterocycles. The summed E-state index contributed by atoms with van der Waals surface area (Å²) in [7, 11) is 0. The van der Waals surface area contributed by atoms with Gasteiger partial charge in [0, 0.05) is 35.4 Å². The molecule has 0 amide bonds. The lowest BCUT2D eigenvalue weighted by Gasteiger charge is -2.71. The van der Waals surface area contributed by atoms with Crippen molar-refractivity contribution in [1.29, 1.82) is 0 Å². The zero-order valence-electron chi connectivity index (χ0n) is 37.6. The second kappa shape index (κ2) is 11.9. The van der Waals surface area contributed by atoms with Crippen molar-refractivity contribution < 1.29 is 53.1 Å². The Morgan fingerprint density at radius 1 is 1.05 bits per heavy atom. The van der Waals surface area contributed by atoms with Crippen LogP contribution in [0.3, 0.4) is 0 Å². The van der Waals surface area contributed by atoms with Crippen LogP contribution >= 0.6 is 0 Å². The predicted molar refractivity (Wildman–Crippen MR) is 227 cm³/mol. The fraction of sp³-hybridized carbons (Fsp3) is 0.750. The lowest BCUT2D eigenvalue weighted by atomic mass is 9.31. The van der Waals surface area contributed by atoms with Gasteiger partial charge in [0.1, 0.15) is 41.2 Å². The molecule has 4 N–H and O–H groups in total. The van der Waals surface area contributed by atoms with Gasteiger partial charge in [0.15, 0.2) is 11.9 Å². The van der Waals surface area contributed by atoms with Gasteiger partial charge in [-0.3, -0.25) is 14.9 Å². The van der Waals surface area contributed by atoms with Gasteiger partial charge in [-0.25, -0.2) is 4.79 Å². The summed E-state index contributed by atoms with van der Waals surface area (Å²) >= 11 is 0. The molecule has 0 radical (unpaired) electrons. The Balaban J connectivity index is 0.875. The topological polar surface area (TPSA) is 181 Å². The van der Waals surface area contributed by atoms with Crippen molar-refractivity contribution in [2.24, 2.45) is 80.3 Å². The highest BCUT2D eigenvalue weighted by Crippen LogP contribution is 2.91. The van der Waals surface area contributed by atoms with Gasteiger partial charge in [0.05, 0.1) is 42.6 Å². The van der Waals surface area contributed by atoms with Gasteiger partial charge in [-0.05, 0) is 135 Å². The number of carbonyl (C=O) groups excluding carboxylic acids is 3. The van der Waals surface area contributed by atoms with Crippen LogP contribution < -0.4 is 5.32 Å². The van der Waals surface area contributed by atoms with Crippen LogP contribution in [0.5, 0.6) is 0 Å². The van der Waals surface area contributed by atoms with Crippen LogP contribution in [0, 0.1) is 80.3 Å². The quantitative estimate of drug-likeness (QED) is 0.181. The van der Waals surface area contributed by atoms with Gasteiger partial charge >= 0.3 is 11.9 Å². The van der Waals surface area contributed by atoms with E-state index in [0.717, 1.165) is 57.3 Å². The van der Waals surface area contributed by atoms with Gasteiger partial charge < -0.3 is 43.6 Å². The predicted octanol–water partition coefficient (Wildman–Crippen LogP) is 4.30. The zero-order valence-corrected chi connectivity index (χ0v) is 37.6. The molecule has 6 saturated carbocycles. The number of ketones is 1. The van der Waals surface area contributed by atoms with Crippen LogP contribution in [0.4, 0.5) is 0 Å². The third-order valence-corrected chi connectivity index (χ3v) is 22.8. The van der Waals surface area contributed by atoms with Crippen molar-refractivity contribution in [2.75, 3.05) is 26.4 Å². The van der Waals surface area contributed by atoms with Crippen LogP contribution in [0.25, 0.3) is 0 Å². The first-order chi connectivity index (χ1) is 31.2. The Labute approximate surface area is 378 Å². The molecule has 7 aliphatic heterocycles. The molecule has 22 atom stereocenters. The van der Waals surface area contributed by atoms with Crippen molar-refractivity contribution >= 4 is 17.7 Å². The number of allylic oxidation sites excluding steroid dienone is 2. The standard InChI is InChI=1S/C52H62N2O11/c1-45-19-28-20-48-18-25-6-11-50(48)44(60)62-23-49-38(28)47(3,40(58)37(57)39(49)46(2)10-7-29(16-30(48)14-25)51(49,50)65-46)52(45)42(64-52)43(59)63-41(45)32-9-13-61-36(32)17-33(35(56)22-55)26-4-5-31-27(15-26)8-12-54-24-53-21-34(31)54/h6-9,11-13,25-28,30-31,33-35,38-42,53,55-56,58H,4-5,10,14-24H2,1-3H3. The number of epoxide rings is 1. The van der Waals surface area contributed by atoms with Crippen LogP contribution in [-0.2, 0) is 39.8 Å². The number of rotatable bonds is 6. The van der Waals surface area contributed by atoms with Crippen molar-refractivity contribution in [3.05, 3.63) is 59.7 Å². The zero-order chi connectivity index (χ0) is 44.2. The first-order valence-corrected chi connectivity index (χ1v) is 25.1. The van der Waals surface area contributed by atoms with Crippen molar-refractivity contribution in [3.63, 3.8) is 0 Å². The maximum Gasteiger partial charge on any atom is 0.339 e. The van der Waals surface area contributed by atoms with E-state index in [2.05, 4.69) is 47.6 Å². The lowest BCUT2D eigenvalue weighted by molar-refractivity contribution is -0.291. The molecule has 6 bridgehead atoms. The molecule has 65 heavy (non-hydrogen) atoms. The third-order valence-electron chi connectivity index (χ3n) is 22.8. The molecule has 346 valence electrons. The summed E-state index contributed by atoms with van der Waals surface area (Å²) in [6, 6.07) is 2.37. The molecule has 0 aromatic carbocycles. The van der Waals surface area contributed by atoms with E-state index < -0.39 is 86.1 Å². The minimum absolute atomic E-state index is 0.0125. The highest BCUT2D eigenvalue weighted by atomic mass is 16.7. The SMILES string of the molecule is CC12CC=C3CC4CC5C=CC67C(=O)OCC8(C1C(=O)C(O)C1(C)C8C(CC8(C)C(c9ccoc9CC(C(O)CO)C9CCC%10C(C=CN%11CNCC%10%11)C9)OC(=O)C9OC981)CC46C5)C37O2. The molecule has 5 saturated heterocycles.